The van der Waals surface area contributed by atoms with Crippen molar-refractivity contribution in [2.75, 3.05) is 15.8 Å². The largest absolute Gasteiger partial charge is 0.322 e. The number of rotatable bonds is 8. The SMILES string of the molecule is CCCS(=O)(=O)Nc1cccc(C(=O)Nc2ccc(Cc3nnc4n3CCC4)cc2)c1. The molecule has 0 saturated carbocycles. The predicted octanol–water partition coefficient (Wildman–Crippen LogP) is 3.22. The van der Waals surface area contributed by atoms with E-state index in [2.05, 4.69) is 24.8 Å². The van der Waals surface area contributed by atoms with Gasteiger partial charge in [0.1, 0.15) is 11.6 Å². The van der Waals surface area contributed by atoms with Crippen LogP contribution in [0.4, 0.5) is 11.4 Å². The summed E-state index contributed by atoms with van der Waals surface area (Å²) in [6.45, 7) is 2.77. The second kappa shape index (κ2) is 8.89. The Balaban J connectivity index is 1.40. The third-order valence-corrected chi connectivity index (χ3v) is 6.62. The first-order chi connectivity index (χ1) is 14.9. The molecule has 1 aromatic heterocycles. The molecule has 0 aliphatic carbocycles. The average Bonchev–Trinajstić information content (AvgIpc) is 3.34. The molecular formula is C22H25N5O3S. The quantitative estimate of drug-likeness (QED) is 0.561. The van der Waals surface area contributed by atoms with Gasteiger partial charge >= 0.3 is 0 Å². The Morgan fingerprint density at radius 2 is 1.90 bits per heavy atom. The zero-order chi connectivity index (χ0) is 21.8. The van der Waals surface area contributed by atoms with Gasteiger partial charge in [0.25, 0.3) is 5.91 Å². The van der Waals surface area contributed by atoms with E-state index in [1.807, 2.05) is 24.3 Å². The number of carbonyl (C=O) groups is 1. The van der Waals surface area contributed by atoms with Crippen LogP contribution in [0, 0.1) is 0 Å². The van der Waals surface area contributed by atoms with Crippen LogP contribution in [-0.4, -0.2) is 34.8 Å². The van der Waals surface area contributed by atoms with Crippen LogP contribution in [0.2, 0.25) is 0 Å². The van der Waals surface area contributed by atoms with E-state index in [9.17, 15) is 13.2 Å². The zero-order valence-electron chi connectivity index (χ0n) is 17.3. The number of aromatic nitrogens is 3. The van der Waals surface area contributed by atoms with Crippen molar-refractivity contribution in [3.63, 3.8) is 0 Å². The molecule has 0 fully saturated rings. The molecule has 2 N–H and O–H groups in total. The number of anilines is 2. The highest BCUT2D eigenvalue weighted by atomic mass is 32.2. The number of hydrogen-bond donors (Lipinski definition) is 2. The van der Waals surface area contributed by atoms with Gasteiger partial charge in [0.05, 0.1) is 5.75 Å². The first-order valence-corrected chi connectivity index (χ1v) is 12.0. The van der Waals surface area contributed by atoms with Crippen molar-refractivity contribution in [1.29, 1.82) is 0 Å². The van der Waals surface area contributed by atoms with Crippen molar-refractivity contribution in [1.82, 2.24) is 14.8 Å². The summed E-state index contributed by atoms with van der Waals surface area (Å²) >= 11 is 0. The van der Waals surface area contributed by atoms with Crippen LogP contribution in [0.3, 0.4) is 0 Å². The van der Waals surface area contributed by atoms with Crippen LogP contribution in [-0.2, 0) is 29.4 Å². The fourth-order valence-corrected chi connectivity index (χ4v) is 4.78. The van der Waals surface area contributed by atoms with E-state index in [-0.39, 0.29) is 11.7 Å². The lowest BCUT2D eigenvalue weighted by Crippen LogP contribution is -2.17. The second-order valence-electron chi connectivity index (χ2n) is 7.62. The summed E-state index contributed by atoms with van der Waals surface area (Å²) in [4.78, 5) is 12.6. The van der Waals surface area contributed by atoms with Gasteiger partial charge in [0, 0.05) is 36.3 Å². The number of amides is 1. The number of sulfonamides is 1. The number of nitrogens with one attached hydrogen (secondary N) is 2. The molecule has 0 atom stereocenters. The number of aryl methyl sites for hydroxylation is 1. The number of carbonyl (C=O) groups excluding carboxylic acids is 1. The van der Waals surface area contributed by atoms with Crippen molar-refractivity contribution >= 4 is 27.3 Å². The van der Waals surface area contributed by atoms with Crippen molar-refractivity contribution in [2.45, 2.75) is 39.2 Å². The standard InChI is InChI=1S/C22H25N5O3S/c1-2-13-31(29,30)26-19-6-3-5-17(15-19)22(28)23-18-10-8-16(9-11-18)14-21-25-24-20-7-4-12-27(20)21/h3,5-6,8-11,15,26H,2,4,7,12-14H2,1H3,(H,23,28). The van der Waals surface area contributed by atoms with E-state index >= 15 is 0 Å². The molecule has 8 nitrogen and oxygen atoms in total. The molecule has 2 heterocycles. The Kier molecular flexibility index (Phi) is 6.03. The molecule has 3 aromatic rings. The summed E-state index contributed by atoms with van der Waals surface area (Å²) < 4.78 is 28.6. The summed E-state index contributed by atoms with van der Waals surface area (Å²) in [6, 6.07) is 14.1. The monoisotopic (exact) mass is 439 g/mol. The van der Waals surface area contributed by atoms with Gasteiger partial charge in [-0.3, -0.25) is 9.52 Å². The zero-order valence-corrected chi connectivity index (χ0v) is 18.2. The lowest BCUT2D eigenvalue weighted by Gasteiger charge is -2.10. The van der Waals surface area contributed by atoms with Crippen LogP contribution in [0.15, 0.2) is 48.5 Å². The van der Waals surface area contributed by atoms with Crippen molar-refractivity contribution in [2.24, 2.45) is 0 Å². The highest BCUT2D eigenvalue weighted by Crippen LogP contribution is 2.19. The molecule has 1 amide bonds. The first-order valence-electron chi connectivity index (χ1n) is 10.4. The van der Waals surface area contributed by atoms with E-state index in [1.165, 1.54) is 6.07 Å². The van der Waals surface area contributed by atoms with Crippen molar-refractivity contribution in [3.8, 4) is 0 Å². The van der Waals surface area contributed by atoms with Crippen LogP contribution in [0.1, 0.15) is 47.3 Å². The van der Waals surface area contributed by atoms with E-state index in [4.69, 9.17) is 0 Å². The van der Waals surface area contributed by atoms with Crippen molar-refractivity contribution < 1.29 is 13.2 Å². The Morgan fingerprint density at radius 3 is 2.68 bits per heavy atom. The number of benzene rings is 2. The molecule has 162 valence electrons. The third-order valence-electron chi connectivity index (χ3n) is 5.13. The molecule has 1 aliphatic heterocycles. The third kappa shape index (κ3) is 5.11. The topological polar surface area (TPSA) is 106 Å². The van der Waals surface area contributed by atoms with E-state index in [0.29, 0.717) is 29.8 Å². The summed E-state index contributed by atoms with van der Waals surface area (Å²) in [7, 11) is -3.41. The highest BCUT2D eigenvalue weighted by molar-refractivity contribution is 7.92. The van der Waals surface area contributed by atoms with Gasteiger partial charge in [0.15, 0.2) is 0 Å². The van der Waals surface area contributed by atoms with Gasteiger partial charge in [-0.15, -0.1) is 10.2 Å². The molecule has 0 saturated heterocycles. The number of hydrogen-bond acceptors (Lipinski definition) is 5. The predicted molar refractivity (Wildman–Crippen MR) is 120 cm³/mol. The van der Waals surface area contributed by atoms with Crippen LogP contribution in [0.25, 0.3) is 0 Å². The van der Waals surface area contributed by atoms with Gasteiger partial charge in [0.2, 0.25) is 10.0 Å². The molecule has 0 bridgehead atoms. The smallest absolute Gasteiger partial charge is 0.255 e. The van der Waals surface area contributed by atoms with Gasteiger partial charge in [-0.25, -0.2) is 8.42 Å². The summed E-state index contributed by atoms with van der Waals surface area (Å²) in [6.07, 6.45) is 3.32. The Labute approximate surface area is 181 Å². The van der Waals surface area contributed by atoms with Gasteiger partial charge in [-0.2, -0.15) is 0 Å². The average molecular weight is 440 g/mol. The molecule has 2 aromatic carbocycles. The maximum absolute atomic E-state index is 12.6. The lowest BCUT2D eigenvalue weighted by atomic mass is 10.1. The van der Waals surface area contributed by atoms with Gasteiger partial charge in [-0.1, -0.05) is 25.1 Å². The summed E-state index contributed by atoms with van der Waals surface area (Å²) in [5, 5.41) is 11.4. The molecular weight excluding hydrogens is 414 g/mol. The van der Waals surface area contributed by atoms with Crippen LogP contribution < -0.4 is 10.0 Å². The van der Waals surface area contributed by atoms with Gasteiger partial charge < -0.3 is 9.88 Å². The summed E-state index contributed by atoms with van der Waals surface area (Å²) in [5.41, 5.74) is 2.50. The van der Waals surface area contributed by atoms with E-state index < -0.39 is 10.0 Å². The molecule has 1 aliphatic rings. The maximum Gasteiger partial charge on any atom is 0.255 e. The minimum absolute atomic E-state index is 0.0351. The first kappa shape index (κ1) is 21.0. The number of nitrogens with zero attached hydrogens (tertiary/aromatic N) is 3. The van der Waals surface area contributed by atoms with Crippen molar-refractivity contribution in [3.05, 3.63) is 71.3 Å². The minimum atomic E-state index is -3.41. The van der Waals surface area contributed by atoms with Crippen LogP contribution in [0.5, 0.6) is 0 Å². The molecule has 0 unspecified atom stereocenters. The minimum Gasteiger partial charge on any atom is -0.322 e. The number of fused-ring (bicyclic) bond motifs is 1. The molecule has 4 rings (SSSR count). The molecule has 31 heavy (non-hydrogen) atoms. The molecule has 0 radical (unpaired) electrons. The van der Waals surface area contributed by atoms with E-state index in [0.717, 1.165) is 36.6 Å². The Bertz CT molecular complexity index is 1190. The Hall–Kier alpha value is -3.20. The fraction of sp³-hybridized carbons (Fsp3) is 0.318. The van der Waals surface area contributed by atoms with E-state index in [1.54, 1.807) is 25.1 Å². The fourth-order valence-electron chi connectivity index (χ4n) is 3.66. The maximum atomic E-state index is 12.6. The molecule has 0 spiro atoms. The summed E-state index contributed by atoms with van der Waals surface area (Å²) in [5.74, 6) is 1.75. The van der Waals surface area contributed by atoms with Gasteiger partial charge in [-0.05, 0) is 48.7 Å². The normalized spacial score (nSPS) is 13.1. The highest BCUT2D eigenvalue weighted by Gasteiger charge is 2.17. The lowest BCUT2D eigenvalue weighted by molar-refractivity contribution is 0.102. The Morgan fingerprint density at radius 1 is 1.10 bits per heavy atom. The second-order valence-corrected chi connectivity index (χ2v) is 9.46. The molecule has 9 heteroatoms. The van der Waals surface area contributed by atoms with Crippen LogP contribution >= 0.6 is 0 Å².